The number of nitrogens with zero attached hydrogens (tertiary/aromatic N) is 3. The molecule has 0 radical (unpaired) electrons. The predicted molar refractivity (Wildman–Crippen MR) is 81.0 cm³/mol. The fourth-order valence-electron chi connectivity index (χ4n) is 2.45. The van der Waals surface area contributed by atoms with Gasteiger partial charge in [-0.3, -0.25) is 14.3 Å². The maximum Gasteiger partial charge on any atom is 0.245 e. The Morgan fingerprint density at radius 3 is 2.81 bits per heavy atom. The van der Waals surface area contributed by atoms with Crippen LogP contribution in [0.4, 0.5) is 5.82 Å². The monoisotopic (exact) mass is 292 g/mol. The molecule has 2 rings (SSSR count). The number of anilines is 1. The molecule has 1 aromatic heterocycles. The quantitative estimate of drug-likeness (QED) is 0.921. The van der Waals surface area contributed by atoms with Gasteiger partial charge in [-0.25, -0.2) is 0 Å². The Morgan fingerprint density at radius 1 is 1.38 bits per heavy atom. The molecule has 1 aromatic rings. The van der Waals surface area contributed by atoms with Crippen molar-refractivity contribution in [1.29, 1.82) is 0 Å². The topological polar surface area (TPSA) is 67.2 Å². The summed E-state index contributed by atoms with van der Waals surface area (Å²) in [5, 5.41) is 7.20. The van der Waals surface area contributed by atoms with Crippen LogP contribution in [0.25, 0.3) is 0 Å². The summed E-state index contributed by atoms with van der Waals surface area (Å²) >= 11 is 0. The maximum atomic E-state index is 12.1. The first-order valence-electron chi connectivity index (χ1n) is 7.59. The molecule has 0 aliphatic carbocycles. The second kappa shape index (κ2) is 6.74. The number of hydrogen-bond donors (Lipinski definition) is 1. The highest BCUT2D eigenvalue weighted by Crippen LogP contribution is 2.17. The van der Waals surface area contributed by atoms with E-state index in [1.807, 2.05) is 6.07 Å². The molecule has 1 N–H and O–H groups in total. The third kappa shape index (κ3) is 4.06. The van der Waals surface area contributed by atoms with Crippen LogP contribution in [-0.4, -0.2) is 39.6 Å². The Kier molecular flexibility index (Phi) is 4.98. The number of carbonyl (C=O) groups is 2. The van der Waals surface area contributed by atoms with E-state index in [0.717, 1.165) is 25.0 Å². The average Bonchev–Trinajstić information content (AvgIpc) is 2.66. The largest absolute Gasteiger partial charge is 0.333 e. The number of rotatable bonds is 4. The van der Waals surface area contributed by atoms with Gasteiger partial charge in [-0.2, -0.15) is 5.10 Å². The summed E-state index contributed by atoms with van der Waals surface area (Å²) in [4.78, 5) is 25.7. The Labute approximate surface area is 125 Å². The SMILES string of the molecule is CC(C)c1cc(NC(=O)CN2CCCCCC2=O)n(C)n1. The first-order valence-corrected chi connectivity index (χ1v) is 7.59. The molecule has 0 saturated carbocycles. The lowest BCUT2D eigenvalue weighted by molar-refractivity contribution is -0.134. The molecule has 6 nitrogen and oxygen atoms in total. The molecule has 2 heterocycles. The average molecular weight is 292 g/mol. The van der Waals surface area contributed by atoms with Crippen molar-refractivity contribution in [3.63, 3.8) is 0 Å². The zero-order valence-corrected chi connectivity index (χ0v) is 13.1. The van der Waals surface area contributed by atoms with Gasteiger partial charge in [0.1, 0.15) is 5.82 Å². The van der Waals surface area contributed by atoms with E-state index in [4.69, 9.17) is 0 Å². The van der Waals surface area contributed by atoms with Crippen molar-refractivity contribution in [3.05, 3.63) is 11.8 Å². The van der Waals surface area contributed by atoms with E-state index in [9.17, 15) is 9.59 Å². The van der Waals surface area contributed by atoms with E-state index in [1.165, 1.54) is 0 Å². The fourth-order valence-corrected chi connectivity index (χ4v) is 2.45. The van der Waals surface area contributed by atoms with Crippen LogP contribution in [0.5, 0.6) is 0 Å². The number of hydrogen-bond acceptors (Lipinski definition) is 3. The minimum Gasteiger partial charge on any atom is -0.333 e. The molecule has 1 aliphatic heterocycles. The molecule has 0 atom stereocenters. The number of amides is 2. The molecule has 116 valence electrons. The van der Waals surface area contributed by atoms with Crippen molar-refractivity contribution in [2.24, 2.45) is 7.05 Å². The smallest absolute Gasteiger partial charge is 0.245 e. The minimum atomic E-state index is -0.163. The van der Waals surface area contributed by atoms with Gasteiger partial charge in [0.15, 0.2) is 0 Å². The molecule has 1 fully saturated rings. The molecule has 0 bridgehead atoms. The van der Waals surface area contributed by atoms with Crippen molar-refractivity contribution in [2.45, 2.75) is 45.4 Å². The number of nitrogens with one attached hydrogen (secondary N) is 1. The molecule has 0 aromatic carbocycles. The van der Waals surface area contributed by atoms with E-state index >= 15 is 0 Å². The third-order valence-electron chi connectivity index (χ3n) is 3.76. The summed E-state index contributed by atoms with van der Waals surface area (Å²) in [6.45, 7) is 4.92. The van der Waals surface area contributed by atoms with E-state index in [-0.39, 0.29) is 18.4 Å². The van der Waals surface area contributed by atoms with Crippen LogP contribution < -0.4 is 5.32 Å². The highest BCUT2D eigenvalue weighted by Gasteiger charge is 2.20. The molecule has 1 saturated heterocycles. The van der Waals surface area contributed by atoms with Crippen LogP contribution >= 0.6 is 0 Å². The Balaban J connectivity index is 1.96. The minimum absolute atomic E-state index is 0.0792. The molecule has 1 aliphatic rings. The van der Waals surface area contributed by atoms with Crippen LogP contribution in [0, 0.1) is 0 Å². The second-order valence-electron chi connectivity index (χ2n) is 5.91. The van der Waals surface area contributed by atoms with Gasteiger partial charge < -0.3 is 10.2 Å². The van der Waals surface area contributed by atoms with Crippen molar-refractivity contribution < 1.29 is 9.59 Å². The first-order chi connectivity index (χ1) is 9.97. The van der Waals surface area contributed by atoms with Crippen molar-refractivity contribution >= 4 is 17.6 Å². The van der Waals surface area contributed by atoms with Crippen LogP contribution in [0.3, 0.4) is 0 Å². The highest BCUT2D eigenvalue weighted by atomic mass is 16.2. The van der Waals surface area contributed by atoms with Gasteiger partial charge >= 0.3 is 0 Å². The van der Waals surface area contributed by atoms with Crippen LogP contribution in [0.1, 0.15) is 51.1 Å². The summed E-state index contributed by atoms with van der Waals surface area (Å²) in [5.74, 6) is 0.902. The molecular weight excluding hydrogens is 268 g/mol. The molecular formula is C15H24N4O2. The summed E-state index contributed by atoms with van der Waals surface area (Å²) in [5.41, 5.74) is 0.943. The van der Waals surface area contributed by atoms with Gasteiger partial charge in [-0.05, 0) is 18.8 Å². The summed E-state index contributed by atoms with van der Waals surface area (Å²) in [6.07, 6.45) is 3.51. The molecule has 0 unspecified atom stereocenters. The van der Waals surface area contributed by atoms with Crippen molar-refractivity contribution in [2.75, 3.05) is 18.4 Å². The van der Waals surface area contributed by atoms with Crippen LogP contribution in [-0.2, 0) is 16.6 Å². The summed E-state index contributed by atoms with van der Waals surface area (Å²) in [7, 11) is 1.80. The molecule has 2 amide bonds. The zero-order chi connectivity index (χ0) is 15.4. The maximum absolute atomic E-state index is 12.1. The van der Waals surface area contributed by atoms with E-state index in [0.29, 0.717) is 24.7 Å². The molecule has 0 spiro atoms. The Hall–Kier alpha value is -1.85. The van der Waals surface area contributed by atoms with E-state index in [1.54, 1.807) is 16.6 Å². The number of likely N-dealkylation sites (tertiary alicyclic amines) is 1. The van der Waals surface area contributed by atoms with Gasteiger partial charge in [0.05, 0.1) is 12.2 Å². The molecule has 6 heteroatoms. The lowest BCUT2D eigenvalue weighted by atomic mass is 10.1. The van der Waals surface area contributed by atoms with Gasteiger partial charge in [0, 0.05) is 26.1 Å². The highest BCUT2D eigenvalue weighted by molar-refractivity contribution is 5.94. The predicted octanol–water partition coefficient (Wildman–Crippen LogP) is 1.88. The number of aromatic nitrogens is 2. The number of carbonyl (C=O) groups excluding carboxylic acids is 2. The standard InChI is InChI=1S/C15H24N4O2/c1-11(2)12-9-13(18(3)17-12)16-14(20)10-19-8-6-4-5-7-15(19)21/h9,11H,4-8,10H2,1-3H3,(H,16,20). The van der Waals surface area contributed by atoms with Crippen LogP contribution in [0.2, 0.25) is 0 Å². The van der Waals surface area contributed by atoms with E-state index < -0.39 is 0 Å². The van der Waals surface area contributed by atoms with Crippen LogP contribution in [0.15, 0.2) is 6.07 Å². The van der Waals surface area contributed by atoms with Gasteiger partial charge in [0.2, 0.25) is 11.8 Å². The van der Waals surface area contributed by atoms with Gasteiger partial charge in [-0.15, -0.1) is 0 Å². The third-order valence-corrected chi connectivity index (χ3v) is 3.76. The summed E-state index contributed by atoms with van der Waals surface area (Å²) in [6, 6.07) is 1.88. The lowest BCUT2D eigenvalue weighted by Gasteiger charge is -2.19. The zero-order valence-electron chi connectivity index (χ0n) is 13.1. The van der Waals surface area contributed by atoms with Gasteiger partial charge in [-0.1, -0.05) is 20.3 Å². The van der Waals surface area contributed by atoms with Gasteiger partial charge in [0.25, 0.3) is 0 Å². The first kappa shape index (κ1) is 15.5. The normalized spacial score (nSPS) is 16.2. The summed E-state index contributed by atoms with van der Waals surface area (Å²) < 4.78 is 1.66. The number of aryl methyl sites for hydroxylation is 1. The second-order valence-corrected chi connectivity index (χ2v) is 5.91. The lowest BCUT2D eigenvalue weighted by Crippen LogP contribution is -2.37. The Morgan fingerprint density at radius 2 is 2.14 bits per heavy atom. The molecule has 21 heavy (non-hydrogen) atoms. The fraction of sp³-hybridized carbons (Fsp3) is 0.667. The van der Waals surface area contributed by atoms with Crippen molar-refractivity contribution in [3.8, 4) is 0 Å². The van der Waals surface area contributed by atoms with E-state index in [2.05, 4.69) is 24.3 Å². The Bertz CT molecular complexity index is 522. The van der Waals surface area contributed by atoms with Crippen molar-refractivity contribution in [1.82, 2.24) is 14.7 Å².